The maximum absolute atomic E-state index is 7.43. The minimum Gasteiger partial charge on any atom is -0.384 e. The number of methoxy groups -OCH3 is 2. The van der Waals surface area contributed by atoms with Gasteiger partial charge in [0.1, 0.15) is 11.7 Å². The normalized spacial score (nSPS) is 10.3. The van der Waals surface area contributed by atoms with Gasteiger partial charge in [-0.05, 0) is 12.1 Å². The lowest BCUT2D eigenvalue weighted by Crippen LogP contribution is -2.31. The van der Waals surface area contributed by atoms with Gasteiger partial charge in [0.15, 0.2) is 0 Å². The number of nitrogen functional groups attached to an aromatic ring is 1. The minimum absolute atomic E-state index is 0.0390. The Morgan fingerprint density at radius 1 is 1.33 bits per heavy atom. The van der Waals surface area contributed by atoms with Crippen molar-refractivity contribution in [3.63, 3.8) is 0 Å². The molecule has 0 aliphatic carbocycles. The fourth-order valence-corrected chi connectivity index (χ4v) is 1.50. The maximum Gasteiger partial charge on any atom is 0.129 e. The number of anilines is 1. The molecule has 6 heteroatoms. The van der Waals surface area contributed by atoms with Crippen molar-refractivity contribution in [1.82, 2.24) is 4.98 Å². The highest BCUT2D eigenvalue weighted by Crippen LogP contribution is 2.12. The van der Waals surface area contributed by atoms with Crippen LogP contribution < -0.4 is 10.6 Å². The topological polar surface area (TPSA) is 84.5 Å². The van der Waals surface area contributed by atoms with Crippen LogP contribution in [0.5, 0.6) is 0 Å². The van der Waals surface area contributed by atoms with E-state index in [2.05, 4.69) is 4.98 Å². The van der Waals surface area contributed by atoms with E-state index in [-0.39, 0.29) is 5.84 Å². The molecule has 1 aromatic heterocycles. The van der Waals surface area contributed by atoms with Crippen LogP contribution >= 0.6 is 0 Å². The number of nitrogens with zero attached hydrogens (tertiary/aromatic N) is 2. The van der Waals surface area contributed by atoms with E-state index < -0.39 is 0 Å². The molecule has 0 saturated carbocycles. The molecular formula is C12H20N4O2. The second kappa shape index (κ2) is 7.62. The SMILES string of the molecule is COCCN(CCOC)c1cc(C(=N)N)ccn1. The van der Waals surface area contributed by atoms with Crippen LogP contribution in [0, 0.1) is 5.41 Å². The van der Waals surface area contributed by atoms with Crippen molar-refractivity contribution < 1.29 is 9.47 Å². The molecule has 1 rings (SSSR count). The molecule has 0 aliphatic rings. The Morgan fingerprint density at radius 3 is 2.44 bits per heavy atom. The molecule has 0 bridgehead atoms. The van der Waals surface area contributed by atoms with E-state index >= 15 is 0 Å². The van der Waals surface area contributed by atoms with Crippen LogP contribution in [-0.2, 0) is 9.47 Å². The van der Waals surface area contributed by atoms with E-state index in [1.54, 1.807) is 32.5 Å². The lowest BCUT2D eigenvalue weighted by atomic mass is 10.2. The second-order valence-corrected chi connectivity index (χ2v) is 3.79. The molecule has 100 valence electrons. The monoisotopic (exact) mass is 252 g/mol. The van der Waals surface area contributed by atoms with Gasteiger partial charge in [0.05, 0.1) is 13.2 Å². The molecule has 0 atom stereocenters. The highest BCUT2D eigenvalue weighted by Gasteiger charge is 2.09. The van der Waals surface area contributed by atoms with Crippen molar-refractivity contribution >= 4 is 11.7 Å². The number of ether oxygens (including phenoxy) is 2. The Bertz CT molecular complexity index is 376. The molecule has 0 aliphatic heterocycles. The van der Waals surface area contributed by atoms with Gasteiger partial charge in [-0.1, -0.05) is 0 Å². The summed E-state index contributed by atoms with van der Waals surface area (Å²) in [5, 5.41) is 7.43. The van der Waals surface area contributed by atoms with Crippen molar-refractivity contribution in [2.45, 2.75) is 0 Å². The fraction of sp³-hybridized carbons (Fsp3) is 0.500. The standard InChI is InChI=1S/C12H20N4O2/c1-17-7-5-16(6-8-18-2)11-9-10(12(13)14)3-4-15-11/h3-4,9H,5-8H2,1-2H3,(H3,13,14). The summed E-state index contributed by atoms with van der Waals surface area (Å²) < 4.78 is 10.1. The summed E-state index contributed by atoms with van der Waals surface area (Å²) >= 11 is 0. The zero-order valence-corrected chi connectivity index (χ0v) is 10.8. The highest BCUT2D eigenvalue weighted by molar-refractivity contribution is 5.95. The average Bonchev–Trinajstić information content (AvgIpc) is 2.39. The van der Waals surface area contributed by atoms with E-state index in [9.17, 15) is 0 Å². The first-order valence-electron chi connectivity index (χ1n) is 5.72. The van der Waals surface area contributed by atoms with Crippen LogP contribution in [-0.4, -0.2) is 51.3 Å². The van der Waals surface area contributed by atoms with Crippen LogP contribution in [0.3, 0.4) is 0 Å². The molecule has 0 unspecified atom stereocenters. The number of nitrogens with two attached hydrogens (primary N) is 1. The first-order valence-corrected chi connectivity index (χ1v) is 5.72. The molecule has 1 aromatic rings. The third-order valence-corrected chi connectivity index (χ3v) is 2.51. The maximum atomic E-state index is 7.43. The molecule has 0 fully saturated rings. The number of nitrogens with one attached hydrogen (secondary N) is 1. The summed E-state index contributed by atoms with van der Waals surface area (Å²) in [6, 6.07) is 3.52. The predicted octanol–water partition coefficient (Wildman–Crippen LogP) is 0.465. The Morgan fingerprint density at radius 2 is 1.94 bits per heavy atom. The first-order chi connectivity index (χ1) is 8.69. The molecule has 0 spiro atoms. The summed E-state index contributed by atoms with van der Waals surface area (Å²) in [4.78, 5) is 6.33. The first kappa shape index (κ1) is 14.4. The molecule has 18 heavy (non-hydrogen) atoms. The van der Waals surface area contributed by atoms with Crippen LogP contribution in [0.25, 0.3) is 0 Å². The van der Waals surface area contributed by atoms with Gasteiger partial charge < -0.3 is 20.1 Å². The van der Waals surface area contributed by atoms with E-state index in [0.29, 0.717) is 31.9 Å². The summed E-state index contributed by atoms with van der Waals surface area (Å²) in [5.74, 6) is 0.814. The molecule has 3 N–H and O–H groups in total. The van der Waals surface area contributed by atoms with Crippen molar-refractivity contribution in [2.75, 3.05) is 45.4 Å². The highest BCUT2D eigenvalue weighted by atomic mass is 16.5. The van der Waals surface area contributed by atoms with Gasteiger partial charge in [0, 0.05) is 39.1 Å². The molecule has 0 aromatic carbocycles. The summed E-state index contributed by atoms with van der Waals surface area (Å²) in [6.45, 7) is 2.65. The van der Waals surface area contributed by atoms with Gasteiger partial charge in [0.2, 0.25) is 0 Å². The van der Waals surface area contributed by atoms with Gasteiger partial charge in [-0.15, -0.1) is 0 Å². The largest absolute Gasteiger partial charge is 0.384 e. The average molecular weight is 252 g/mol. The molecule has 1 heterocycles. The third-order valence-electron chi connectivity index (χ3n) is 2.51. The number of hydrogen-bond donors (Lipinski definition) is 2. The summed E-state index contributed by atoms with van der Waals surface area (Å²) in [6.07, 6.45) is 1.65. The Labute approximate surface area is 107 Å². The Hall–Kier alpha value is -1.66. The van der Waals surface area contributed by atoms with Gasteiger partial charge in [-0.25, -0.2) is 4.98 Å². The smallest absolute Gasteiger partial charge is 0.129 e. The van der Waals surface area contributed by atoms with E-state index in [1.807, 2.05) is 4.90 Å². The zero-order chi connectivity index (χ0) is 13.4. The molecule has 0 radical (unpaired) electrons. The Balaban J connectivity index is 2.82. The summed E-state index contributed by atoms with van der Waals surface area (Å²) in [5.41, 5.74) is 6.14. The van der Waals surface area contributed by atoms with Crippen molar-refractivity contribution in [2.24, 2.45) is 5.73 Å². The lowest BCUT2D eigenvalue weighted by Gasteiger charge is -2.23. The van der Waals surface area contributed by atoms with Gasteiger partial charge in [-0.3, -0.25) is 5.41 Å². The van der Waals surface area contributed by atoms with Crippen LogP contribution in [0.2, 0.25) is 0 Å². The second-order valence-electron chi connectivity index (χ2n) is 3.79. The van der Waals surface area contributed by atoms with Crippen molar-refractivity contribution in [1.29, 1.82) is 5.41 Å². The zero-order valence-electron chi connectivity index (χ0n) is 10.8. The van der Waals surface area contributed by atoms with Crippen LogP contribution in [0.4, 0.5) is 5.82 Å². The van der Waals surface area contributed by atoms with Crippen LogP contribution in [0.1, 0.15) is 5.56 Å². The molecular weight excluding hydrogens is 232 g/mol. The number of rotatable bonds is 8. The molecule has 0 amide bonds. The van der Waals surface area contributed by atoms with E-state index in [1.165, 1.54) is 0 Å². The van der Waals surface area contributed by atoms with Gasteiger partial charge >= 0.3 is 0 Å². The quantitative estimate of drug-likeness (QED) is 0.519. The Kier molecular flexibility index (Phi) is 6.10. The molecule has 0 saturated heterocycles. The number of pyridine rings is 1. The molecule has 6 nitrogen and oxygen atoms in total. The number of aromatic nitrogens is 1. The number of amidine groups is 1. The van der Waals surface area contributed by atoms with Gasteiger partial charge in [0.25, 0.3) is 0 Å². The lowest BCUT2D eigenvalue weighted by molar-refractivity contribution is 0.190. The summed E-state index contributed by atoms with van der Waals surface area (Å²) in [7, 11) is 3.32. The van der Waals surface area contributed by atoms with Crippen LogP contribution in [0.15, 0.2) is 18.3 Å². The van der Waals surface area contributed by atoms with E-state index in [4.69, 9.17) is 20.6 Å². The van der Waals surface area contributed by atoms with Crippen molar-refractivity contribution in [3.05, 3.63) is 23.9 Å². The third kappa shape index (κ3) is 4.31. The van der Waals surface area contributed by atoms with E-state index in [0.717, 1.165) is 5.82 Å². The van der Waals surface area contributed by atoms with Crippen molar-refractivity contribution in [3.8, 4) is 0 Å². The predicted molar refractivity (Wildman–Crippen MR) is 71.2 cm³/mol. The minimum atomic E-state index is 0.0390. The number of hydrogen-bond acceptors (Lipinski definition) is 5. The van der Waals surface area contributed by atoms with Gasteiger partial charge in [-0.2, -0.15) is 0 Å². The fourth-order valence-electron chi connectivity index (χ4n) is 1.50.